The second-order valence-corrected chi connectivity index (χ2v) is 5.14. The third-order valence-electron chi connectivity index (χ3n) is 3.73. The topological polar surface area (TPSA) is 17.1 Å². The van der Waals surface area contributed by atoms with Crippen LogP contribution >= 0.6 is 0 Å². The Morgan fingerprint density at radius 2 is 1.81 bits per heavy atom. The van der Waals surface area contributed by atoms with Crippen LogP contribution in [0.5, 0.6) is 0 Å². The number of hydrogen-bond donors (Lipinski definition) is 0. The summed E-state index contributed by atoms with van der Waals surface area (Å²) >= 11 is 0. The van der Waals surface area contributed by atoms with Crippen molar-refractivity contribution in [2.75, 3.05) is 0 Å². The number of carbonyl (C=O) groups excluding carboxylic acids is 1. The Morgan fingerprint density at radius 3 is 2.19 bits per heavy atom. The molecule has 0 aromatic heterocycles. The predicted octanol–water partition coefficient (Wildman–Crippen LogP) is 3.82. The third-order valence-corrected chi connectivity index (χ3v) is 3.73. The van der Waals surface area contributed by atoms with Crippen LogP contribution in [0.2, 0.25) is 0 Å². The summed E-state index contributed by atoms with van der Waals surface area (Å²) in [6.07, 6.45) is 2.74. The number of ketones is 1. The molecule has 0 heterocycles. The third kappa shape index (κ3) is 1.79. The zero-order valence-corrected chi connectivity index (χ0v) is 10.4. The van der Waals surface area contributed by atoms with Gasteiger partial charge in [-0.1, -0.05) is 45.0 Å². The van der Waals surface area contributed by atoms with Crippen molar-refractivity contribution in [3.63, 3.8) is 0 Å². The van der Waals surface area contributed by atoms with Crippen molar-refractivity contribution < 1.29 is 4.79 Å². The fourth-order valence-electron chi connectivity index (χ4n) is 2.38. The van der Waals surface area contributed by atoms with Gasteiger partial charge in [-0.25, -0.2) is 0 Å². The lowest BCUT2D eigenvalue weighted by atomic mass is 9.88. The molecule has 1 saturated carbocycles. The summed E-state index contributed by atoms with van der Waals surface area (Å²) in [5, 5.41) is 0. The molecule has 0 N–H and O–H groups in total. The van der Waals surface area contributed by atoms with E-state index in [0.29, 0.717) is 18.1 Å². The summed E-state index contributed by atoms with van der Waals surface area (Å²) in [6.45, 7) is 6.35. The van der Waals surface area contributed by atoms with E-state index in [1.807, 2.05) is 6.92 Å². The Hall–Kier alpha value is -1.11. The van der Waals surface area contributed by atoms with Gasteiger partial charge in [-0.3, -0.25) is 4.79 Å². The molecule has 1 aromatic carbocycles. The minimum atomic E-state index is -0.107. The quantitative estimate of drug-likeness (QED) is 0.747. The number of benzene rings is 1. The van der Waals surface area contributed by atoms with E-state index in [9.17, 15) is 4.79 Å². The van der Waals surface area contributed by atoms with Crippen LogP contribution < -0.4 is 0 Å². The molecular weight excluding hydrogens is 196 g/mol. The molecule has 0 bridgehead atoms. The maximum atomic E-state index is 11.9. The van der Waals surface area contributed by atoms with Crippen LogP contribution in [0.1, 0.15) is 57.1 Å². The summed E-state index contributed by atoms with van der Waals surface area (Å²) in [5.41, 5.74) is 2.47. The summed E-state index contributed by atoms with van der Waals surface area (Å²) in [5.74, 6) is 0.968. The van der Waals surface area contributed by atoms with E-state index in [1.165, 1.54) is 11.1 Å². The molecule has 1 aliphatic rings. The van der Waals surface area contributed by atoms with Gasteiger partial charge in [-0.05, 0) is 29.9 Å². The standard InChI is InChI=1S/C15H20O/c1-4-14(16)15(9-10-15)13-7-5-12(6-8-13)11(2)3/h5-8,11H,4,9-10H2,1-3H3. The molecule has 0 aliphatic heterocycles. The number of carbonyl (C=O) groups is 1. The van der Waals surface area contributed by atoms with E-state index >= 15 is 0 Å². The van der Waals surface area contributed by atoms with Crippen molar-refractivity contribution in [1.82, 2.24) is 0 Å². The van der Waals surface area contributed by atoms with Gasteiger partial charge in [0.25, 0.3) is 0 Å². The highest BCUT2D eigenvalue weighted by atomic mass is 16.1. The first-order valence-electron chi connectivity index (χ1n) is 6.24. The maximum Gasteiger partial charge on any atom is 0.143 e. The van der Waals surface area contributed by atoms with Gasteiger partial charge >= 0.3 is 0 Å². The van der Waals surface area contributed by atoms with Gasteiger partial charge in [-0.15, -0.1) is 0 Å². The van der Waals surface area contributed by atoms with E-state index in [-0.39, 0.29) is 5.41 Å². The summed E-state index contributed by atoms with van der Waals surface area (Å²) in [7, 11) is 0. The van der Waals surface area contributed by atoms with Crippen LogP contribution in [0, 0.1) is 0 Å². The van der Waals surface area contributed by atoms with Crippen molar-refractivity contribution in [2.24, 2.45) is 0 Å². The van der Waals surface area contributed by atoms with E-state index in [4.69, 9.17) is 0 Å². The highest BCUT2D eigenvalue weighted by Crippen LogP contribution is 2.49. The second kappa shape index (κ2) is 4.04. The first kappa shape index (κ1) is 11.4. The van der Waals surface area contributed by atoms with Gasteiger partial charge in [0.1, 0.15) is 5.78 Å². The van der Waals surface area contributed by atoms with Crippen molar-refractivity contribution in [3.8, 4) is 0 Å². The number of Topliss-reactive ketones (excluding diaryl/α,β-unsaturated/α-hetero) is 1. The Labute approximate surface area is 97.9 Å². The zero-order chi connectivity index (χ0) is 11.8. The minimum absolute atomic E-state index is 0.107. The van der Waals surface area contributed by atoms with Crippen molar-refractivity contribution in [1.29, 1.82) is 0 Å². The Balaban J connectivity index is 2.25. The van der Waals surface area contributed by atoms with Gasteiger partial charge in [0.15, 0.2) is 0 Å². The van der Waals surface area contributed by atoms with Crippen LogP contribution in [0.15, 0.2) is 24.3 Å². The largest absolute Gasteiger partial charge is 0.299 e. The molecule has 0 unspecified atom stereocenters. The molecular formula is C15H20O. The molecule has 16 heavy (non-hydrogen) atoms. The molecule has 1 heteroatoms. The summed E-state index contributed by atoms with van der Waals surface area (Å²) in [6, 6.07) is 8.64. The number of hydrogen-bond acceptors (Lipinski definition) is 1. The Bertz CT molecular complexity index is 382. The fourth-order valence-corrected chi connectivity index (χ4v) is 2.38. The van der Waals surface area contributed by atoms with Crippen LogP contribution in [0.4, 0.5) is 0 Å². The number of rotatable bonds is 4. The van der Waals surface area contributed by atoms with Crippen molar-refractivity contribution >= 4 is 5.78 Å². The van der Waals surface area contributed by atoms with Crippen molar-refractivity contribution in [2.45, 2.75) is 51.4 Å². The summed E-state index contributed by atoms with van der Waals surface area (Å²) in [4.78, 5) is 11.9. The van der Waals surface area contributed by atoms with Gasteiger partial charge < -0.3 is 0 Å². The molecule has 0 saturated heterocycles. The molecule has 0 spiro atoms. The summed E-state index contributed by atoms with van der Waals surface area (Å²) < 4.78 is 0. The molecule has 0 atom stereocenters. The van der Waals surface area contributed by atoms with E-state index in [1.54, 1.807) is 0 Å². The van der Waals surface area contributed by atoms with E-state index in [0.717, 1.165) is 12.8 Å². The zero-order valence-electron chi connectivity index (χ0n) is 10.4. The average molecular weight is 216 g/mol. The molecule has 86 valence electrons. The SMILES string of the molecule is CCC(=O)C1(c2ccc(C(C)C)cc2)CC1. The Morgan fingerprint density at radius 1 is 1.25 bits per heavy atom. The lowest BCUT2D eigenvalue weighted by molar-refractivity contribution is -0.121. The normalized spacial score (nSPS) is 17.5. The molecule has 0 radical (unpaired) electrons. The maximum absolute atomic E-state index is 11.9. The van der Waals surface area contributed by atoms with Crippen LogP contribution in [-0.2, 0) is 10.2 Å². The molecule has 2 rings (SSSR count). The minimum Gasteiger partial charge on any atom is -0.299 e. The first-order chi connectivity index (χ1) is 7.60. The second-order valence-electron chi connectivity index (χ2n) is 5.14. The highest BCUT2D eigenvalue weighted by molar-refractivity contribution is 5.92. The Kier molecular flexibility index (Phi) is 2.88. The molecule has 1 aliphatic carbocycles. The van der Waals surface area contributed by atoms with E-state index in [2.05, 4.69) is 38.1 Å². The van der Waals surface area contributed by atoms with Crippen LogP contribution in [0.25, 0.3) is 0 Å². The fraction of sp³-hybridized carbons (Fsp3) is 0.533. The lowest BCUT2D eigenvalue weighted by Gasteiger charge is -2.14. The lowest BCUT2D eigenvalue weighted by Crippen LogP contribution is -2.19. The molecule has 1 nitrogen and oxygen atoms in total. The van der Waals surface area contributed by atoms with E-state index < -0.39 is 0 Å². The predicted molar refractivity (Wildman–Crippen MR) is 66.7 cm³/mol. The van der Waals surface area contributed by atoms with Gasteiger partial charge in [-0.2, -0.15) is 0 Å². The molecule has 1 fully saturated rings. The van der Waals surface area contributed by atoms with Crippen LogP contribution in [0.3, 0.4) is 0 Å². The van der Waals surface area contributed by atoms with Gasteiger partial charge in [0.2, 0.25) is 0 Å². The highest BCUT2D eigenvalue weighted by Gasteiger charge is 2.49. The van der Waals surface area contributed by atoms with Crippen molar-refractivity contribution in [3.05, 3.63) is 35.4 Å². The van der Waals surface area contributed by atoms with Crippen LogP contribution in [-0.4, -0.2) is 5.78 Å². The first-order valence-corrected chi connectivity index (χ1v) is 6.24. The smallest absolute Gasteiger partial charge is 0.143 e. The van der Waals surface area contributed by atoms with Gasteiger partial charge in [0.05, 0.1) is 5.41 Å². The molecule has 1 aromatic rings. The molecule has 0 amide bonds. The monoisotopic (exact) mass is 216 g/mol. The van der Waals surface area contributed by atoms with Gasteiger partial charge in [0, 0.05) is 6.42 Å². The average Bonchev–Trinajstić information content (AvgIpc) is 3.09.